The summed E-state index contributed by atoms with van der Waals surface area (Å²) >= 11 is 1.56. The molecule has 0 saturated heterocycles. The number of amides is 1. The number of nitrogens with one attached hydrogen (secondary N) is 1. The maximum Gasteiger partial charge on any atom is 0.225 e. The summed E-state index contributed by atoms with van der Waals surface area (Å²) in [5, 5.41) is 13.6. The van der Waals surface area contributed by atoms with E-state index in [1.165, 1.54) is 0 Å². The molecule has 5 heteroatoms. The third-order valence-corrected chi connectivity index (χ3v) is 3.00. The molecule has 0 saturated carbocycles. The molecule has 16 heavy (non-hydrogen) atoms. The molecule has 0 spiro atoms. The van der Waals surface area contributed by atoms with Crippen molar-refractivity contribution in [3.8, 4) is 0 Å². The van der Waals surface area contributed by atoms with Crippen LogP contribution in [-0.2, 0) is 16.0 Å². The molecular weight excluding hydrogens is 226 g/mol. The van der Waals surface area contributed by atoms with Crippen LogP contribution in [-0.4, -0.2) is 37.4 Å². The van der Waals surface area contributed by atoms with E-state index in [0.29, 0.717) is 19.4 Å². The van der Waals surface area contributed by atoms with Gasteiger partial charge in [0.2, 0.25) is 5.91 Å². The minimum absolute atomic E-state index is 0.0297. The smallest absolute Gasteiger partial charge is 0.225 e. The molecule has 0 aliphatic rings. The van der Waals surface area contributed by atoms with Crippen LogP contribution >= 0.6 is 11.3 Å². The Balaban J connectivity index is 2.35. The first-order chi connectivity index (χ1) is 7.76. The number of carbonyl (C=O) groups is 1. The average molecular weight is 243 g/mol. The molecule has 4 nitrogen and oxygen atoms in total. The molecule has 0 aliphatic heterocycles. The summed E-state index contributed by atoms with van der Waals surface area (Å²) in [7, 11) is 1.58. The van der Waals surface area contributed by atoms with Gasteiger partial charge in [-0.2, -0.15) is 0 Å². The van der Waals surface area contributed by atoms with Crippen molar-refractivity contribution < 1.29 is 14.6 Å². The highest BCUT2D eigenvalue weighted by Gasteiger charge is 2.12. The number of aliphatic hydroxyl groups excluding tert-OH is 1. The van der Waals surface area contributed by atoms with E-state index in [-0.39, 0.29) is 18.6 Å². The fourth-order valence-corrected chi connectivity index (χ4v) is 2.11. The lowest BCUT2D eigenvalue weighted by molar-refractivity contribution is -0.121. The van der Waals surface area contributed by atoms with E-state index >= 15 is 0 Å². The zero-order chi connectivity index (χ0) is 11.8. The first kappa shape index (κ1) is 13.2. The molecule has 0 aromatic carbocycles. The van der Waals surface area contributed by atoms with E-state index in [9.17, 15) is 4.79 Å². The summed E-state index contributed by atoms with van der Waals surface area (Å²) in [6.45, 7) is 0.476. The first-order valence-corrected chi connectivity index (χ1v) is 6.05. The maximum absolute atomic E-state index is 11.6. The Bertz CT molecular complexity index is 294. The van der Waals surface area contributed by atoms with E-state index in [1.807, 2.05) is 17.5 Å². The van der Waals surface area contributed by atoms with Crippen molar-refractivity contribution in [2.45, 2.75) is 18.9 Å². The van der Waals surface area contributed by atoms with Gasteiger partial charge in [0, 0.05) is 18.6 Å². The van der Waals surface area contributed by atoms with E-state index in [2.05, 4.69) is 5.32 Å². The Hall–Kier alpha value is -0.910. The third-order valence-electron chi connectivity index (χ3n) is 2.13. The predicted octanol–water partition coefficient (Wildman–Crippen LogP) is 0.804. The number of thiophene rings is 1. The lowest BCUT2D eigenvalue weighted by Gasteiger charge is -2.16. The fourth-order valence-electron chi connectivity index (χ4n) is 1.40. The van der Waals surface area contributed by atoms with Gasteiger partial charge in [0.1, 0.15) is 0 Å². The number of ether oxygens (including phenoxy) is 1. The minimum Gasteiger partial charge on any atom is -0.396 e. The monoisotopic (exact) mass is 243 g/mol. The minimum atomic E-state index is -0.109. The van der Waals surface area contributed by atoms with Gasteiger partial charge in [0.25, 0.3) is 0 Å². The van der Waals surface area contributed by atoms with Gasteiger partial charge in [0.15, 0.2) is 0 Å². The van der Waals surface area contributed by atoms with E-state index in [4.69, 9.17) is 9.84 Å². The summed E-state index contributed by atoms with van der Waals surface area (Å²) in [4.78, 5) is 12.7. The summed E-state index contributed by atoms with van der Waals surface area (Å²) in [5.74, 6) is -0.0297. The van der Waals surface area contributed by atoms with Crippen LogP contribution in [0.2, 0.25) is 0 Å². The largest absolute Gasteiger partial charge is 0.396 e. The lowest BCUT2D eigenvalue weighted by atomic mass is 10.2. The number of hydrogen-bond acceptors (Lipinski definition) is 4. The number of rotatable bonds is 7. The molecule has 1 unspecified atom stereocenters. The standard InChI is InChI=1S/C11H17NO3S/c1-15-8-9(4-5-13)12-11(14)7-10-3-2-6-16-10/h2-3,6,9,13H,4-5,7-8H2,1H3,(H,12,14). The molecule has 2 N–H and O–H groups in total. The highest BCUT2D eigenvalue weighted by molar-refractivity contribution is 7.10. The molecular formula is C11H17NO3S. The van der Waals surface area contributed by atoms with Gasteiger partial charge in [-0.05, 0) is 17.9 Å². The normalized spacial score (nSPS) is 12.4. The van der Waals surface area contributed by atoms with E-state index < -0.39 is 0 Å². The van der Waals surface area contributed by atoms with Crippen molar-refractivity contribution in [3.63, 3.8) is 0 Å². The SMILES string of the molecule is COCC(CCO)NC(=O)Cc1cccs1. The van der Waals surface area contributed by atoms with Crippen LogP contribution in [0.25, 0.3) is 0 Å². The highest BCUT2D eigenvalue weighted by Crippen LogP contribution is 2.09. The zero-order valence-electron chi connectivity index (χ0n) is 9.31. The fraction of sp³-hybridized carbons (Fsp3) is 0.545. The molecule has 0 bridgehead atoms. The van der Waals surface area contributed by atoms with Crippen molar-refractivity contribution in [2.24, 2.45) is 0 Å². The number of methoxy groups -OCH3 is 1. The van der Waals surface area contributed by atoms with Gasteiger partial charge in [0.05, 0.1) is 19.1 Å². The van der Waals surface area contributed by atoms with Crippen LogP contribution in [0.15, 0.2) is 17.5 Å². The first-order valence-electron chi connectivity index (χ1n) is 5.17. The molecule has 0 fully saturated rings. The van der Waals surface area contributed by atoms with Crippen molar-refractivity contribution in [1.82, 2.24) is 5.32 Å². The Morgan fingerprint density at radius 2 is 2.50 bits per heavy atom. The Morgan fingerprint density at radius 3 is 3.06 bits per heavy atom. The van der Waals surface area contributed by atoms with Gasteiger partial charge >= 0.3 is 0 Å². The second-order valence-electron chi connectivity index (χ2n) is 3.49. The highest BCUT2D eigenvalue weighted by atomic mass is 32.1. The Labute approximate surface area is 99.2 Å². The van der Waals surface area contributed by atoms with E-state index in [1.54, 1.807) is 18.4 Å². The van der Waals surface area contributed by atoms with Crippen LogP contribution in [0.3, 0.4) is 0 Å². The van der Waals surface area contributed by atoms with Gasteiger partial charge < -0.3 is 15.2 Å². The van der Waals surface area contributed by atoms with Gasteiger partial charge in [-0.3, -0.25) is 4.79 Å². The molecule has 1 aromatic rings. The van der Waals surface area contributed by atoms with Crippen molar-refractivity contribution in [2.75, 3.05) is 20.3 Å². The molecule has 1 atom stereocenters. The molecule has 1 heterocycles. The van der Waals surface area contributed by atoms with Crippen LogP contribution < -0.4 is 5.32 Å². The van der Waals surface area contributed by atoms with Gasteiger partial charge in [-0.25, -0.2) is 0 Å². The summed E-state index contributed by atoms with van der Waals surface area (Å²) < 4.78 is 4.97. The van der Waals surface area contributed by atoms with E-state index in [0.717, 1.165) is 4.88 Å². The van der Waals surface area contributed by atoms with Crippen LogP contribution in [0, 0.1) is 0 Å². The number of aliphatic hydroxyl groups is 1. The van der Waals surface area contributed by atoms with Crippen LogP contribution in [0.5, 0.6) is 0 Å². The van der Waals surface area contributed by atoms with Crippen molar-refractivity contribution >= 4 is 17.2 Å². The second-order valence-corrected chi connectivity index (χ2v) is 4.52. The Morgan fingerprint density at radius 1 is 1.69 bits per heavy atom. The molecule has 1 aromatic heterocycles. The number of hydrogen-bond donors (Lipinski definition) is 2. The molecule has 0 aliphatic carbocycles. The molecule has 0 radical (unpaired) electrons. The summed E-state index contributed by atoms with van der Waals surface area (Å²) in [6, 6.07) is 3.75. The lowest BCUT2D eigenvalue weighted by Crippen LogP contribution is -2.39. The van der Waals surface area contributed by atoms with Crippen LogP contribution in [0.1, 0.15) is 11.3 Å². The van der Waals surface area contributed by atoms with Gasteiger partial charge in [-0.1, -0.05) is 6.07 Å². The quantitative estimate of drug-likeness (QED) is 0.745. The average Bonchev–Trinajstić information content (AvgIpc) is 2.71. The van der Waals surface area contributed by atoms with Crippen molar-refractivity contribution in [3.05, 3.63) is 22.4 Å². The maximum atomic E-state index is 11.6. The predicted molar refractivity (Wildman–Crippen MR) is 63.5 cm³/mol. The molecule has 1 amide bonds. The third kappa shape index (κ3) is 4.74. The van der Waals surface area contributed by atoms with Gasteiger partial charge in [-0.15, -0.1) is 11.3 Å². The molecule has 1 rings (SSSR count). The number of carbonyl (C=O) groups excluding carboxylic acids is 1. The topological polar surface area (TPSA) is 58.6 Å². The second kappa shape index (κ2) is 7.38. The van der Waals surface area contributed by atoms with Crippen molar-refractivity contribution in [1.29, 1.82) is 0 Å². The summed E-state index contributed by atoms with van der Waals surface area (Å²) in [5.41, 5.74) is 0. The Kier molecular flexibility index (Phi) is 6.07. The zero-order valence-corrected chi connectivity index (χ0v) is 10.1. The molecule has 90 valence electrons. The summed E-state index contributed by atoms with van der Waals surface area (Å²) in [6.07, 6.45) is 0.910. The van der Waals surface area contributed by atoms with Crippen LogP contribution in [0.4, 0.5) is 0 Å².